The van der Waals surface area contributed by atoms with Crippen molar-refractivity contribution in [3.63, 3.8) is 0 Å². The summed E-state index contributed by atoms with van der Waals surface area (Å²) < 4.78 is 6.70. The van der Waals surface area contributed by atoms with Crippen LogP contribution in [0.3, 0.4) is 0 Å². The van der Waals surface area contributed by atoms with E-state index in [2.05, 4.69) is 146 Å². The summed E-state index contributed by atoms with van der Waals surface area (Å²) in [6.07, 6.45) is 3.72. The van der Waals surface area contributed by atoms with Crippen molar-refractivity contribution in [2.45, 2.75) is 77.8 Å². The Bertz CT molecular complexity index is 2210. The third-order valence-electron chi connectivity index (χ3n) is 10.8. The predicted molar refractivity (Wildman–Crippen MR) is 223 cm³/mol. The molecule has 7 rings (SSSR count). The molecule has 0 saturated carbocycles. The smallest absolute Gasteiger partial charge is 0.128 e. The summed E-state index contributed by atoms with van der Waals surface area (Å²) in [6.45, 7) is 24.1. The maximum atomic E-state index is 6.70. The van der Waals surface area contributed by atoms with Crippen molar-refractivity contribution < 1.29 is 24.5 Å². The second-order valence-electron chi connectivity index (χ2n) is 16.8. The third kappa shape index (κ3) is 7.72. The van der Waals surface area contributed by atoms with Crippen LogP contribution in [0.15, 0.2) is 126 Å². The summed E-state index contributed by atoms with van der Waals surface area (Å²) in [7, 11) is -3.30. The SMILES string of the molecule is CC(C)(C)[Si](C)(c1ccc(-c2cccc3c2oc2c(-c4cc([Si](C)(C)C)ccn4)[c-]ccc23)cc1)C(C)(C)C.[Ir].[c-]1ccccc1-c1ccccn1. The molecule has 0 aliphatic rings. The van der Waals surface area contributed by atoms with Crippen LogP contribution in [0.5, 0.6) is 0 Å². The molecule has 0 atom stereocenters. The van der Waals surface area contributed by atoms with E-state index in [0.29, 0.717) is 0 Å². The Kier molecular flexibility index (Phi) is 11.5. The van der Waals surface area contributed by atoms with Gasteiger partial charge in [0.2, 0.25) is 0 Å². The molecule has 0 N–H and O–H groups in total. The van der Waals surface area contributed by atoms with Gasteiger partial charge in [0, 0.05) is 43.4 Å². The first-order chi connectivity index (χ1) is 24.1. The van der Waals surface area contributed by atoms with Crippen molar-refractivity contribution in [3.05, 3.63) is 134 Å². The first-order valence-corrected chi connectivity index (χ1v) is 23.9. The number of pyridine rings is 2. The van der Waals surface area contributed by atoms with Crippen LogP contribution in [0.2, 0.25) is 36.3 Å². The summed E-state index contributed by atoms with van der Waals surface area (Å²) >= 11 is 0. The van der Waals surface area contributed by atoms with Gasteiger partial charge in [0.15, 0.2) is 0 Å². The molecule has 269 valence electrons. The van der Waals surface area contributed by atoms with E-state index in [9.17, 15) is 0 Å². The average molecular weight is 895 g/mol. The Hall–Kier alpha value is -3.94. The van der Waals surface area contributed by atoms with E-state index in [0.717, 1.165) is 50.0 Å². The Morgan fingerprint density at radius 3 is 1.87 bits per heavy atom. The number of furan rings is 1. The van der Waals surface area contributed by atoms with Crippen LogP contribution in [0.1, 0.15) is 41.5 Å². The van der Waals surface area contributed by atoms with Crippen molar-refractivity contribution in [2.24, 2.45) is 0 Å². The van der Waals surface area contributed by atoms with Crippen LogP contribution in [-0.4, -0.2) is 26.1 Å². The first kappa shape index (κ1) is 39.3. The second-order valence-corrected chi connectivity index (χ2v) is 27.7. The van der Waals surface area contributed by atoms with Gasteiger partial charge >= 0.3 is 0 Å². The van der Waals surface area contributed by atoms with E-state index in [1.165, 1.54) is 15.9 Å². The number of aromatic nitrogens is 2. The quantitative estimate of drug-likeness (QED) is 0.128. The first-order valence-electron chi connectivity index (χ1n) is 17.9. The zero-order valence-electron chi connectivity index (χ0n) is 32.2. The molecule has 3 nitrogen and oxygen atoms in total. The molecule has 3 aromatic heterocycles. The number of fused-ring (bicyclic) bond motifs is 3. The van der Waals surface area contributed by atoms with Crippen molar-refractivity contribution in [1.82, 2.24) is 9.97 Å². The zero-order chi connectivity index (χ0) is 36.6. The maximum absolute atomic E-state index is 6.70. The van der Waals surface area contributed by atoms with Crippen LogP contribution in [-0.2, 0) is 20.1 Å². The molecule has 0 unspecified atom stereocenters. The van der Waals surface area contributed by atoms with Gasteiger partial charge in [-0.05, 0) is 39.2 Å². The van der Waals surface area contributed by atoms with Crippen LogP contribution in [0.4, 0.5) is 0 Å². The number of hydrogen-bond donors (Lipinski definition) is 0. The minimum atomic E-state index is -1.83. The van der Waals surface area contributed by atoms with Gasteiger partial charge in [-0.3, -0.25) is 0 Å². The number of rotatable bonds is 5. The normalized spacial score (nSPS) is 12.3. The fourth-order valence-corrected chi connectivity index (χ4v) is 13.2. The molecule has 0 spiro atoms. The molecule has 0 fully saturated rings. The van der Waals surface area contributed by atoms with Gasteiger partial charge in [-0.2, -0.15) is 0 Å². The van der Waals surface area contributed by atoms with E-state index >= 15 is 0 Å². The van der Waals surface area contributed by atoms with Crippen molar-refractivity contribution >= 4 is 48.5 Å². The molecule has 3 heterocycles. The Morgan fingerprint density at radius 1 is 0.577 bits per heavy atom. The molecule has 6 heteroatoms. The van der Waals surface area contributed by atoms with Gasteiger partial charge in [-0.15, -0.1) is 54.1 Å². The summed E-state index contributed by atoms with van der Waals surface area (Å²) in [5.74, 6) is 0. The van der Waals surface area contributed by atoms with E-state index < -0.39 is 16.1 Å². The standard InChI is InChI=1S/C35H42NOSi2.C11H8N.Ir/c1-34(2,3)39(10,35(4,5)6)25-19-17-24(18-20-25)27-13-11-14-28-29-15-12-16-30(33(29)37-32(27)28)31-23-26(21-22-36-31)38(7,8)9;1-2-6-10(7-3-1)11-8-4-5-9-12-11;/h11-15,17-23H,1-10H3;1-6,8-9H;/q2*-1;. The minimum Gasteiger partial charge on any atom is -0.500 e. The molecule has 1 radical (unpaired) electrons. The fraction of sp³-hybridized carbons (Fsp3) is 0.261. The molecular weight excluding hydrogens is 845 g/mol. The van der Waals surface area contributed by atoms with E-state index in [-0.39, 0.29) is 30.2 Å². The van der Waals surface area contributed by atoms with Gasteiger partial charge in [0.25, 0.3) is 0 Å². The van der Waals surface area contributed by atoms with Crippen molar-refractivity contribution in [3.8, 4) is 33.6 Å². The molecule has 0 bridgehead atoms. The van der Waals surface area contributed by atoms with Gasteiger partial charge in [-0.25, -0.2) is 0 Å². The third-order valence-corrected chi connectivity index (χ3v) is 20.3. The number of hydrogen-bond acceptors (Lipinski definition) is 3. The molecule has 0 amide bonds. The predicted octanol–water partition coefficient (Wildman–Crippen LogP) is 12.1. The largest absolute Gasteiger partial charge is 0.500 e. The molecular formula is C46H50IrN2OSi2-2. The summed E-state index contributed by atoms with van der Waals surface area (Å²) in [5.41, 5.74) is 7.97. The fourth-order valence-electron chi connectivity index (χ4n) is 7.26. The topological polar surface area (TPSA) is 38.9 Å². The molecule has 52 heavy (non-hydrogen) atoms. The Labute approximate surface area is 326 Å². The second kappa shape index (κ2) is 15.2. The van der Waals surface area contributed by atoms with E-state index in [1.54, 1.807) is 6.20 Å². The maximum Gasteiger partial charge on any atom is 0.128 e. The van der Waals surface area contributed by atoms with Gasteiger partial charge < -0.3 is 14.4 Å². The average Bonchev–Trinajstić information content (AvgIpc) is 3.50. The molecule has 7 aromatic rings. The molecule has 4 aromatic carbocycles. The number of benzene rings is 4. The molecule has 0 aliphatic carbocycles. The Morgan fingerprint density at radius 2 is 1.25 bits per heavy atom. The number of nitrogens with zero attached hydrogens (tertiary/aromatic N) is 2. The van der Waals surface area contributed by atoms with Crippen molar-refractivity contribution in [1.29, 1.82) is 0 Å². The summed E-state index contributed by atoms with van der Waals surface area (Å²) in [4.78, 5) is 8.95. The van der Waals surface area contributed by atoms with Crippen LogP contribution >= 0.6 is 0 Å². The summed E-state index contributed by atoms with van der Waals surface area (Å²) in [6, 6.07) is 44.6. The minimum absolute atomic E-state index is 0. The Balaban J connectivity index is 0.000000339. The van der Waals surface area contributed by atoms with E-state index in [1.807, 2.05) is 54.7 Å². The van der Waals surface area contributed by atoms with Crippen molar-refractivity contribution in [2.75, 3.05) is 0 Å². The molecule has 0 aliphatic heterocycles. The zero-order valence-corrected chi connectivity index (χ0v) is 36.6. The monoisotopic (exact) mass is 895 g/mol. The van der Waals surface area contributed by atoms with Gasteiger partial charge in [0.05, 0.1) is 21.7 Å². The summed E-state index contributed by atoms with van der Waals surface area (Å²) in [5, 5.41) is 5.63. The van der Waals surface area contributed by atoms with Crippen LogP contribution in [0.25, 0.3) is 55.6 Å². The number of para-hydroxylation sites is 1. The van der Waals surface area contributed by atoms with Crippen LogP contribution < -0.4 is 10.4 Å². The van der Waals surface area contributed by atoms with E-state index in [4.69, 9.17) is 9.40 Å². The molecule has 0 saturated heterocycles. The van der Waals surface area contributed by atoms with Gasteiger partial charge in [0.1, 0.15) is 5.58 Å². The van der Waals surface area contributed by atoms with Gasteiger partial charge in [-0.1, -0.05) is 150 Å². The van der Waals surface area contributed by atoms with Crippen LogP contribution in [0, 0.1) is 12.1 Å².